The van der Waals surface area contributed by atoms with Crippen molar-refractivity contribution in [3.63, 3.8) is 0 Å². The number of benzene rings is 2. The Morgan fingerprint density at radius 2 is 1.93 bits per heavy atom. The zero-order valence-electron chi connectivity index (χ0n) is 16.0. The molecule has 3 aromatic rings. The minimum absolute atomic E-state index is 0.174. The van der Waals surface area contributed by atoms with Gasteiger partial charge in [0.2, 0.25) is 5.91 Å². The van der Waals surface area contributed by atoms with Crippen LogP contribution in [0.5, 0.6) is 11.5 Å². The lowest BCUT2D eigenvalue weighted by Crippen LogP contribution is -2.20. The van der Waals surface area contributed by atoms with Crippen molar-refractivity contribution in [1.82, 2.24) is 9.99 Å². The first-order valence-corrected chi connectivity index (χ1v) is 8.92. The molecule has 0 atom stereocenters. The normalized spacial score (nSPS) is 10.8. The molecule has 0 unspecified atom stereocenters. The fourth-order valence-electron chi connectivity index (χ4n) is 2.68. The van der Waals surface area contributed by atoms with E-state index < -0.39 is 0 Å². The van der Waals surface area contributed by atoms with Crippen LogP contribution in [0.4, 0.5) is 0 Å². The topological polar surface area (TPSA) is 64.8 Å². The zero-order chi connectivity index (χ0) is 19.8. The fraction of sp³-hybridized carbons (Fsp3) is 0.182. The maximum atomic E-state index is 12.0. The molecule has 28 heavy (non-hydrogen) atoms. The zero-order valence-corrected chi connectivity index (χ0v) is 16.0. The van der Waals surface area contributed by atoms with E-state index >= 15 is 0 Å². The highest BCUT2D eigenvalue weighted by molar-refractivity contribution is 5.83. The molecule has 0 radical (unpaired) electrons. The first-order valence-electron chi connectivity index (χ1n) is 8.92. The molecule has 2 aromatic carbocycles. The lowest BCUT2D eigenvalue weighted by molar-refractivity contribution is -0.120. The van der Waals surface area contributed by atoms with E-state index in [0.717, 1.165) is 16.8 Å². The van der Waals surface area contributed by atoms with Crippen LogP contribution >= 0.6 is 0 Å². The van der Waals surface area contributed by atoms with Crippen LogP contribution in [0.25, 0.3) is 0 Å². The lowest BCUT2D eigenvalue weighted by Gasteiger charge is -2.11. The van der Waals surface area contributed by atoms with E-state index in [0.29, 0.717) is 18.1 Å². The minimum atomic E-state index is -0.174. The first kappa shape index (κ1) is 19.2. The van der Waals surface area contributed by atoms with Crippen molar-refractivity contribution in [3.8, 4) is 11.5 Å². The number of amides is 1. The number of aryl methyl sites for hydroxylation is 1. The van der Waals surface area contributed by atoms with Gasteiger partial charge >= 0.3 is 0 Å². The summed E-state index contributed by atoms with van der Waals surface area (Å²) in [6.07, 6.45) is 3.76. The van der Waals surface area contributed by atoms with E-state index in [1.54, 1.807) is 13.3 Å². The largest absolute Gasteiger partial charge is 0.493 e. The third kappa shape index (κ3) is 5.23. The maximum absolute atomic E-state index is 12.0. The van der Waals surface area contributed by atoms with Crippen molar-refractivity contribution >= 4 is 12.1 Å². The van der Waals surface area contributed by atoms with Gasteiger partial charge in [-0.25, -0.2) is 5.43 Å². The number of carbonyl (C=O) groups is 1. The van der Waals surface area contributed by atoms with Gasteiger partial charge in [0.25, 0.3) is 0 Å². The van der Waals surface area contributed by atoms with Crippen molar-refractivity contribution in [1.29, 1.82) is 0 Å². The van der Waals surface area contributed by atoms with E-state index in [9.17, 15) is 4.79 Å². The van der Waals surface area contributed by atoms with Crippen LogP contribution in [0.3, 0.4) is 0 Å². The highest BCUT2D eigenvalue weighted by atomic mass is 16.5. The van der Waals surface area contributed by atoms with Crippen LogP contribution in [0.1, 0.15) is 16.8 Å². The van der Waals surface area contributed by atoms with Crippen molar-refractivity contribution in [2.24, 2.45) is 12.1 Å². The third-order valence-electron chi connectivity index (χ3n) is 4.22. The number of carbonyl (C=O) groups excluding carboxylic acids is 1. The Morgan fingerprint density at radius 1 is 1.11 bits per heavy atom. The monoisotopic (exact) mass is 377 g/mol. The van der Waals surface area contributed by atoms with Crippen molar-refractivity contribution in [2.45, 2.75) is 13.0 Å². The molecule has 1 amide bonds. The van der Waals surface area contributed by atoms with E-state index in [1.807, 2.05) is 78.5 Å². The van der Waals surface area contributed by atoms with Gasteiger partial charge in [0.1, 0.15) is 6.61 Å². The van der Waals surface area contributed by atoms with Crippen LogP contribution in [-0.2, 0) is 24.9 Å². The maximum Gasteiger partial charge on any atom is 0.245 e. The smallest absolute Gasteiger partial charge is 0.245 e. The van der Waals surface area contributed by atoms with E-state index in [2.05, 4.69) is 10.5 Å². The lowest BCUT2D eigenvalue weighted by atomic mass is 10.2. The van der Waals surface area contributed by atoms with Gasteiger partial charge in [-0.3, -0.25) is 4.79 Å². The molecule has 0 aliphatic rings. The summed E-state index contributed by atoms with van der Waals surface area (Å²) in [6, 6.07) is 19.2. The van der Waals surface area contributed by atoms with Crippen molar-refractivity contribution in [3.05, 3.63) is 83.7 Å². The number of nitrogens with zero attached hydrogens (tertiary/aromatic N) is 2. The summed E-state index contributed by atoms with van der Waals surface area (Å²) >= 11 is 0. The Bertz CT molecular complexity index is 949. The number of rotatable bonds is 8. The van der Waals surface area contributed by atoms with Crippen molar-refractivity contribution < 1.29 is 14.3 Å². The quantitative estimate of drug-likeness (QED) is 0.484. The predicted molar refractivity (Wildman–Crippen MR) is 109 cm³/mol. The van der Waals surface area contributed by atoms with Gasteiger partial charge in [0.15, 0.2) is 11.5 Å². The van der Waals surface area contributed by atoms with Gasteiger partial charge in [0, 0.05) is 18.9 Å². The third-order valence-corrected chi connectivity index (χ3v) is 4.22. The molecule has 144 valence electrons. The second-order valence-corrected chi connectivity index (χ2v) is 6.26. The van der Waals surface area contributed by atoms with Crippen LogP contribution < -0.4 is 14.9 Å². The van der Waals surface area contributed by atoms with Gasteiger partial charge in [0.05, 0.1) is 19.7 Å². The summed E-state index contributed by atoms with van der Waals surface area (Å²) in [5, 5.41) is 4.04. The molecule has 3 rings (SSSR count). The summed E-state index contributed by atoms with van der Waals surface area (Å²) in [5.74, 6) is 1.08. The van der Waals surface area contributed by atoms with Gasteiger partial charge in [-0.2, -0.15) is 5.10 Å². The molecule has 0 aliphatic carbocycles. The number of nitrogens with one attached hydrogen (secondary N) is 1. The molecule has 1 aromatic heterocycles. The average Bonchev–Trinajstić information content (AvgIpc) is 3.11. The Labute approximate surface area is 164 Å². The molecular formula is C22H23N3O3. The van der Waals surface area contributed by atoms with Gasteiger partial charge < -0.3 is 14.0 Å². The highest BCUT2D eigenvalue weighted by Crippen LogP contribution is 2.28. The van der Waals surface area contributed by atoms with Crippen LogP contribution in [-0.4, -0.2) is 23.8 Å². The predicted octanol–water partition coefficient (Wildman–Crippen LogP) is 3.31. The Kier molecular flexibility index (Phi) is 6.46. The molecule has 0 saturated heterocycles. The van der Waals surface area contributed by atoms with Crippen molar-refractivity contribution in [2.75, 3.05) is 7.11 Å². The number of aromatic nitrogens is 1. The number of methoxy groups -OCH3 is 1. The number of hydrazone groups is 1. The number of ether oxygens (including phenoxy) is 2. The van der Waals surface area contributed by atoms with Gasteiger partial charge in [-0.15, -0.1) is 0 Å². The van der Waals surface area contributed by atoms with Crippen LogP contribution in [0.2, 0.25) is 0 Å². The van der Waals surface area contributed by atoms with E-state index in [1.165, 1.54) is 0 Å². The molecule has 0 bridgehead atoms. The van der Waals surface area contributed by atoms with Gasteiger partial charge in [-0.05, 0) is 41.5 Å². The molecular weight excluding hydrogens is 354 g/mol. The minimum Gasteiger partial charge on any atom is -0.493 e. The Morgan fingerprint density at radius 3 is 2.64 bits per heavy atom. The second kappa shape index (κ2) is 9.41. The molecule has 6 nitrogen and oxygen atoms in total. The first-order chi connectivity index (χ1) is 13.7. The van der Waals surface area contributed by atoms with Gasteiger partial charge in [-0.1, -0.05) is 30.3 Å². The van der Waals surface area contributed by atoms with E-state index in [4.69, 9.17) is 9.47 Å². The molecule has 1 heterocycles. The summed E-state index contributed by atoms with van der Waals surface area (Å²) in [6.45, 7) is 0.436. The molecule has 0 aliphatic heterocycles. The molecule has 1 N–H and O–H groups in total. The number of hydrogen-bond donors (Lipinski definition) is 1. The highest BCUT2D eigenvalue weighted by Gasteiger charge is 2.07. The summed E-state index contributed by atoms with van der Waals surface area (Å²) in [4.78, 5) is 12.0. The van der Waals surface area contributed by atoms with Crippen LogP contribution in [0, 0.1) is 0 Å². The molecule has 0 fully saturated rings. The van der Waals surface area contributed by atoms with Crippen LogP contribution in [0.15, 0.2) is 72.0 Å². The average molecular weight is 377 g/mol. The summed E-state index contributed by atoms with van der Waals surface area (Å²) in [7, 11) is 3.50. The standard InChI is InChI=1S/C22H23N3O3/c1-25-12-6-9-19(25)14-22(26)24-23-15-18-10-11-20(27-2)21(13-18)28-16-17-7-4-3-5-8-17/h3-13,15H,14,16H2,1-2H3,(H,24,26). The summed E-state index contributed by atoms with van der Waals surface area (Å²) < 4.78 is 13.2. The Balaban J connectivity index is 1.61. The second-order valence-electron chi connectivity index (χ2n) is 6.26. The summed E-state index contributed by atoms with van der Waals surface area (Å²) in [5.41, 5.74) is 5.33. The molecule has 0 spiro atoms. The molecule has 0 saturated carbocycles. The fourth-order valence-corrected chi connectivity index (χ4v) is 2.68. The SMILES string of the molecule is COc1ccc(C=NNC(=O)Cc2cccn2C)cc1OCc1ccccc1. The number of hydrogen-bond acceptors (Lipinski definition) is 4. The Hall–Kier alpha value is -3.54. The van der Waals surface area contributed by atoms with E-state index in [-0.39, 0.29) is 12.3 Å². The molecule has 6 heteroatoms.